The van der Waals surface area contributed by atoms with Crippen molar-refractivity contribution in [3.63, 3.8) is 0 Å². The second kappa shape index (κ2) is 4.97. The van der Waals surface area contributed by atoms with E-state index >= 15 is 0 Å². The molecule has 16 heavy (non-hydrogen) atoms. The fourth-order valence-corrected chi connectivity index (χ4v) is 2.36. The second-order valence-corrected chi connectivity index (χ2v) is 4.66. The fraction of sp³-hybridized carbons (Fsp3) is 0.333. The number of nitrogens with two attached hydrogens (primary N) is 1. The van der Waals surface area contributed by atoms with Gasteiger partial charge in [0, 0.05) is 4.47 Å². The summed E-state index contributed by atoms with van der Waals surface area (Å²) in [4.78, 5) is 0. The normalized spacial score (nSPS) is 17.6. The van der Waals surface area contributed by atoms with E-state index in [1.54, 1.807) is 12.3 Å². The highest BCUT2D eigenvalue weighted by Gasteiger charge is 2.17. The van der Waals surface area contributed by atoms with Crippen LogP contribution in [0, 0.1) is 5.82 Å². The summed E-state index contributed by atoms with van der Waals surface area (Å²) in [6.07, 6.45) is 3.65. The predicted molar refractivity (Wildman–Crippen MR) is 64.3 cm³/mol. The van der Waals surface area contributed by atoms with Crippen molar-refractivity contribution in [2.45, 2.75) is 18.9 Å². The Balaban J connectivity index is 2.26. The van der Waals surface area contributed by atoms with E-state index in [1.807, 2.05) is 0 Å². The van der Waals surface area contributed by atoms with Gasteiger partial charge in [-0.3, -0.25) is 0 Å². The number of hydrogen-bond donors (Lipinski definition) is 1. The summed E-state index contributed by atoms with van der Waals surface area (Å²) in [5.74, 6) is -0.267. The SMILES string of the molecule is NC(C1=COCCC1)c1ccc(F)cc1Br. The third kappa shape index (κ3) is 2.44. The van der Waals surface area contributed by atoms with Gasteiger partial charge in [-0.2, -0.15) is 0 Å². The summed E-state index contributed by atoms with van der Waals surface area (Å²) in [6.45, 7) is 0.751. The molecule has 1 aromatic rings. The molecule has 2 N–H and O–H groups in total. The number of rotatable bonds is 2. The van der Waals surface area contributed by atoms with E-state index in [4.69, 9.17) is 10.5 Å². The molecule has 1 atom stereocenters. The molecule has 1 aromatic carbocycles. The standard InChI is InChI=1S/C12H13BrFNO/c13-11-6-9(14)3-4-10(11)12(15)8-2-1-5-16-7-8/h3-4,6-7,12H,1-2,5,15H2. The Kier molecular flexibility index (Phi) is 3.61. The van der Waals surface area contributed by atoms with Crippen LogP contribution in [0.3, 0.4) is 0 Å². The molecule has 2 nitrogen and oxygen atoms in total. The lowest BCUT2D eigenvalue weighted by atomic mass is 9.96. The molecule has 2 rings (SSSR count). The Hall–Kier alpha value is -0.870. The first-order valence-corrected chi connectivity index (χ1v) is 5.99. The van der Waals surface area contributed by atoms with Crippen LogP contribution in [0.4, 0.5) is 4.39 Å². The monoisotopic (exact) mass is 285 g/mol. The maximum absolute atomic E-state index is 12.9. The lowest BCUT2D eigenvalue weighted by Gasteiger charge is -2.21. The average molecular weight is 286 g/mol. The van der Waals surface area contributed by atoms with Gasteiger partial charge in [0.1, 0.15) is 5.82 Å². The highest BCUT2D eigenvalue weighted by atomic mass is 79.9. The van der Waals surface area contributed by atoms with Gasteiger partial charge in [-0.05, 0) is 36.1 Å². The third-order valence-electron chi connectivity index (χ3n) is 2.66. The first-order valence-electron chi connectivity index (χ1n) is 5.19. The summed E-state index contributed by atoms with van der Waals surface area (Å²) in [5.41, 5.74) is 8.06. The molecule has 0 radical (unpaired) electrons. The summed E-state index contributed by atoms with van der Waals surface area (Å²) in [6, 6.07) is 4.33. The molecular weight excluding hydrogens is 273 g/mol. The number of benzene rings is 1. The smallest absolute Gasteiger partial charge is 0.124 e. The van der Waals surface area contributed by atoms with Crippen molar-refractivity contribution in [3.8, 4) is 0 Å². The van der Waals surface area contributed by atoms with Gasteiger partial charge >= 0.3 is 0 Å². The largest absolute Gasteiger partial charge is 0.501 e. The van der Waals surface area contributed by atoms with Crippen molar-refractivity contribution in [1.29, 1.82) is 0 Å². The van der Waals surface area contributed by atoms with Crippen molar-refractivity contribution in [2.24, 2.45) is 5.73 Å². The maximum atomic E-state index is 12.9. The van der Waals surface area contributed by atoms with Crippen LogP contribution < -0.4 is 5.73 Å². The minimum Gasteiger partial charge on any atom is -0.501 e. The molecule has 1 aliphatic rings. The first-order chi connectivity index (χ1) is 7.68. The van der Waals surface area contributed by atoms with E-state index in [-0.39, 0.29) is 11.9 Å². The molecule has 1 aliphatic heterocycles. The van der Waals surface area contributed by atoms with Crippen molar-refractivity contribution in [3.05, 3.63) is 45.9 Å². The number of hydrogen-bond acceptors (Lipinski definition) is 2. The minimum atomic E-state index is -0.267. The van der Waals surface area contributed by atoms with Crippen molar-refractivity contribution < 1.29 is 9.13 Å². The Morgan fingerprint density at radius 3 is 2.88 bits per heavy atom. The zero-order chi connectivity index (χ0) is 11.5. The van der Waals surface area contributed by atoms with Crippen LogP contribution in [-0.4, -0.2) is 6.61 Å². The lowest BCUT2D eigenvalue weighted by Crippen LogP contribution is -2.16. The van der Waals surface area contributed by atoms with Gasteiger partial charge in [-0.25, -0.2) is 4.39 Å². The first kappa shape index (κ1) is 11.6. The topological polar surface area (TPSA) is 35.2 Å². The minimum absolute atomic E-state index is 0.227. The second-order valence-electron chi connectivity index (χ2n) is 3.81. The zero-order valence-electron chi connectivity index (χ0n) is 8.75. The van der Waals surface area contributed by atoms with E-state index in [1.165, 1.54) is 12.1 Å². The van der Waals surface area contributed by atoms with Gasteiger partial charge in [0.2, 0.25) is 0 Å². The van der Waals surface area contributed by atoms with Crippen molar-refractivity contribution in [2.75, 3.05) is 6.61 Å². The van der Waals surface area contributed by atoms with Crippen LogP contribution in [0.2, 0.25) is 0 Å². The Bertz CT molecular complexity index is 419. The average Bonchev–Trinajstić information content (AvgIpc) is 2.29. The zero-order valence-corrected chi connectivity index (χ0v) is 10.3. The molecule has 4 heteroatoms. The summed E-state index contributed by atoms with van der Waals surface area (Å²) >= 11 is 3.33. The third-order valence-corrected chi connectivity index (χ3v) is 3.35. The van der Waals surface area contributed by atoms with Crippen molar-refractivity contribution >= 4 is 15.9 Å². The molecule has 0 bridgehead atoms. The predicted octanol–water partition coefficient (Wildman–Crippen LogP) is 3.28. The summed E-state index contributed by atoms with van der Waals surface area (Å²) in [5, 5.41) is 0. The lowest BCUT2D eigenvalue weighted by molar-refractivity contribution is 0.221. The molecule has 0 saturated heterocycles. The van der Waals surface area contributed by atoms with E-state index in [0.717, 1.165) is 30.6 Å². The Morgan fingerprint density at radius 2 is 2.25 bits per heavy atom. The van der Waals surface area contributed by atoms with E-state index in [9.17, 15) is 4.39 Å². The fourth-order valence-electron chi connectivity index (χ4n) is 1.77. The Labute approximate surface area is 102 Å². The van der Waals surface area contributed by atoms with E-state index in [2.05, 4.69) is 15.9 Å². The molecular formula is C12H13BrFNO. The molecule has 0 aromatic heterocycles. The number of halogens is 2. The van der Waals surface area contributed by atoms with Gasteiger partial charge in [0.25, 0.3) is 0 Å². The molecule has 86 valence electrons. The van der Waals surface area contributed by atoms with E-state index < -0.39 is 0 Å². The van der Waals surface area contributed by atoms with Crippen molar-refractivity contribution in [1.82, 2.24) is 0 Å². The number of ether oxygens (including phenoxy) is 1. The van der Waals surface area contributed by atoms with Crippen LogP contribution in [0.5, 0.6) is 0 Å². The summed E-state index contributed by atoms with van der Waals surface area (Å²) in [7, 11) is 0. The van der Waals surface area contributed by atoms with Gasteiger partial charge in [-0.15, -0.1) is 0 Å². The highest BCUT2D eigenvalue weighted by Crippen LogP contribution is 2.30. The molecule has 1 unspecified atom stereocenters. The van der Waals surface area contributed by atoms with Gasteiger partial charge in [-0.1, -0.05) is 22.0 Å². The molecule has 0 fully saturated rings. The van der Waals surface area contributed by atoms with Crippen LogP contribution in [0.1, 0.15) is 24.4 Å². The molecule has 0 aliphatic carbocycles. The van der Waals surface area contributed by atoms with E-state index in [0.29, 0.717) is 4.47 Å². The molecule has 0 amide bonds. The maximum Gasteiger partial charge on any atom is 0.124 e. The molecule has 0 saturated carbocycles. The quantitative estimate of drug-likeness (QED) is 0.905. The van der Waals surface area contributed by atoms with Crippen LogP contribution >= 0.6 is 15.9 Å². The van der Waals surface area contributed by atoms with Gasteiger partial charge in [0.05, 0.1) is 18.9 Å². The van der Waals surface area contributed by atoms with Crippen LogP contribution in [0.25, 0.3) is 0 Å². The van der Waals surface area contributed by atoms with Crippen LogP contribution in [0.15, 0.2) is 34.5 Å². The highest BCUT2D eigenvalue weighted by molar-refractivity contribution is 9.10. The van der Waals surface area contributed by atoms with Crippen LogP contribution in [-0.2, 0) is 4.74 Å². The molecule has 1 heterocycles. The van der Waals surface area contributed by atoms with Gasteiger partial charge < -0.3 is 10.5 Å². The summed E-state index contributed by atoms with van der Waals surface area (Å²) < 4.78 is 18.9. The Morgan fingerprint density at radius 1 is 1.44 bits per heavy atom. The van der Waals surface area contributed by atoms with Gasteiger partial charge in [0.15, 0.2) is 0 Å². The molecule has 0 spiro atoms.